The number of fused-ring (bicyclic) bond motifs is 1. The Morgan fingerprint density at radius 2 is 1.89 bits per heavy atom. The van der Waals surface area contributed by atoms with Crippen LogP contribution in [0.5, 0.6) is 5.75 Å². The van der Waals surface area contributed by atoms with Gasteiger partial charge < -0.3 is 9.64 Å². The minimum absolute atomic E-state index is 0.0408. The Morgan fingerprint density at radius 1 is 1.18 bits per heavy atom. The minimum Gasteiger partial charge on any atom is -0.496 e. The molecule has 1 amide bonds. The molecule has 0 saturated carbocycles. The number of thioether (sulfide) groups is 1. The van der Waals surface area contributed by atoms with Crippen LogP contribution in [-0.4, -0.2) is 40.3 Å². The third-order valence-corrected chi connectivity index (χ3v) is 5.45. The molecular weight excluding hydrogens is 374 g/mol. The smallest absolute Gasteiger partial charge is 0.262 e. The van der Waals surface area contributed by atoms with E-state index >= 15 is 0 Å². The second-order valence-electron chi connectivity index (χ2n) is 6.31. The van der Waals surface area contributed by atoms with E-state index in [1.54, 1.807) is 29.7 Å². The quantitative estimate of drug-likeness (QED) is 0.453. The molecule has 146 valence electrons. The molecule has 28 heavy (non-hydrogen) atoms. The van der Waals surface area contributed by atoms with Gasteiger partial charge in [-0.15, -0.1) is 0 Å². The van der Waals surface area contributed by atoms with Crippen molar-refractivity contribution in [3.63, 3.8) is 0 Å². The van der Waals surface area contributed by atoms with Crippen molar-refractivity contribution >= 4 is 28.6 Å². The van der Waals surface area contributed by atoms with Gasteiger partial charge in [0.25, 0.3) is 5.56 Å². The van der Waals surface area contributed by atoms with E-state index in [2.05, 4.69) is 4.98 Å². The number of nitrogens with zero attached hydrogens (tertiary/aromatic N) is 3. The molecule has 3 aromatic rings. The highest BCUT2D eigenvalue weighted by atomic mass is 32.2. The summed E-state index contributed by atoms with van der Waals surface area (Å²) in [5, 5.41) is 1.15. The molecule has 0 N–H and O–H groups in total. The lowest BCUT2D eigenvalue weighted by Crippen LogP contribution is -2.29. The van der Waals surface area contributed by atoms with Crippen LogP contribution in [0, 0.1) is 0 Å². The van der Waals surface area contributed by atoms with Gasteiger partial charge in [0.15, 0.2) is 5.16 Å². The van der Waals surface area contributed by atoms with Crippen molar-refractivity contribution in [3.05, 3.63) is 64.4 Å². The van der Waals surface area contributed by atoms with Crippen LogP contribution < -0.4 is 10.3 Å². The summed E-state index contributed by atoms with van der Waals surface area (Å²) in [6.07, 6.45) is 0. The van der Waals surface area contributed by atoms with Crippen molar-refractivity contribution in [3.8, 4) is 5.75 Å². The molecule has 0 aliphatic rings. The Kier molecular flexibility index (Phi) is 6.36. The monoisotopic (exact) mass is 397 g/mol. The SMILES string of the molecule is CCn1c(SCC(=O)N(C)Cc2ccccc2OC)nc2ccccc2c1=O. The molecule has 0 aliphatic heterocycles. The number of aromatic nitrogens is 2. The lowest BCUT2D eigenvalue weighted by atomic mass is 10.2. The lowest BCUT2D eigenvalue weighted by Gasteiger charge is -2.19. The van der Waals surface area contributed by atoms with Crippen molar-refractivity contribution in [2.75, 3.05) is 19.9 Å². The van der Waals surface area contributed by atoms with Crippen LogP contribution in [0.1, 0.15) is 12.5 Å². The van der Waals surface area contributed by atoms with Crippen LogP contribution in [0.3, 0.4) is 0 Å². The molecule has 0 bridgehead atoms. The molecular formula is C21H23N3O3S. The van der Waals surface area contributed by atoms with Gasteiger partial charge in [0.05, 0.1) is 23.8 Å². The molecule has 3 rings (SSSR count). The number of benzene rings is 2. The molecule has 2 aromatic carbocycles. The first-order chi connectivity index (χ1) is 13.5. The highest BCUT2D eigenvalue weighted by Crippen LogP contribution is 2.21. The Labute approximate surface area is 168 Å². The van der Waals surface area contributed by atoms with Crippen molar-refractivity contribution in [2.24, 2.45) is 0 Å². The van der Waals surface area contributed by atoms with Gasteiger partial charge in [0.2, 0.25) is 5.91 Å². The van der Waals surface area contributed by atoms with E-state index in [1.807, 2.05) is 49.4 Å². The summed E-state index contributed by atoms with van der Waals surface area (Å²) in [5.41, 5.74) is 1.51. The van der Waals surface area contributed by atoms with E-state index in [-0.39, 0.29) is 17.2 Å². The maximum atomic E-state index is 12.7. The maximum Gasteiger partial charge on any atom is 0.262 e. The zero-order valence-corrected chi connectivity index (χ0v) is 17.0. The van der Waals surface area contributed by atoms with E-state index in [4.69, 9.17) is 4.74 Å². The van der Waals surface area contributed by atoms with Gasteiger partial charge in [-0.25, -0.2) is 4.98 Å². The molecule has 6 nitrogen and oxygen atoms in total. The topological polar surface area (TPSA) is 64.4 Å². The summed E-state index contributed by atoms with van der Waals surface area (Å²) in [6, 6.07) is 14.9. The van der Waals surface area contributed by atoms with Crippen LogP contribution in [0.25, 0.3) is 10.9 Å². The largest absolute Gasteiger partial charge is 0.496 e. The molecule has 0 fully saturated rings. The minimum atomic E-state index is -0.0783. The summed E-state index contributed by atoms with van der Waals surface area (Å²) >= 11 is 1.29. The maximum absolute atomic E-state index is 12.7. The van der Waals surface area contributed by atoms with Crippen molar-refractivity contribution in [1.29, 1.82) is 0 Å². The Balaban J connectivity index is 1.74. The first-order valence-corrected chi connectivity index (χ1v) is 10.0. The number of para-hydroxylation sites is 2. The predicted octanol–water partition coefficient (Wildman–Crippen LogP) is 3.18. The average molecular weight is 398 g/mol. The van der Waals surface area contributed by atoms with E-state index in [0.717, 1.165) is 11.3 Å². The Morgan fingerprint density at radius 3 is 2.64 bits per heavy atom. The van der Waals surface area contributed by atoms with Gasteiger partial charge in [0, 0.05) is 25.7 Å². The first-order valence-electron chi connectivity index (χ1n) is 9.03. The molecule has 0 saturated heterocycles. The first kappa shape index (κ1) is 19.9. The average Bonchev–Trinajstić information content (AvgIpc) is 2.72. The number of methoxy groups -OCH3 is 1. The van der Waals surface area contributed by atoms with Crippen molar-refractivity contribution in [1.82, 2.24) is 14.5 Å². The molecule has 1 heterocycles. The fraction of sp³-hybridized carbons (Fsp3) is 0.286. The lowest BCUT2D eigenvalue weighted by molar-refractivity contribution is -0.127. The zero-order chi connectivity index (χ0) is 20.1. The number of hydrogen-bond donors (Lipinski definition) is 0. The second-order valence-corrected chi connectivity index (χ2v) is 7.25. The second kappa shape index (κ2) is 8.93. The third kappa shape index (κ3) is 4.20. The molecule has 0 unspecified atom stereocenters. The van der Waals surface area contributed by atoms with E-state index in [0.29, 0.717) is 29.1 Å². The Hall–Kier alpha value is -2.80. The number of amides is 1. The number of carbonyl (C=O) groups excluding carboxylic acids is 1. The van der Waals surface area contributed by atoms with E-state index in [1.165, 1.54) is 11.8 Å². The number of hydrogen-bond acceptors (Lipinski definition) is 5. The summed E-state index contributed by atoms with van der Waals surface area (Å²) in [4.78, 5) is 31.5. The molecule has 1 aromatic heterocycles. The van der Waals surface area contributed by atoms with Crippen LogP contribution in [0.2, 0.25) is 0 Å². The predicted molar refractivity (Wildman–Crippen MR) is 112 cm³/mol. The fourth-order valence-corrected chi connectivity index (χ4v) is 3.95. The van der Waals surface area contributed by atoms with Crippen molar-refractivity contribution in [2.45, 2.75) is 25.2 Å². The third-order valence-electron chi connectivity index (χ3n) is 4.49. The van der Waals surface area contributed by atoms with Gasteiger partial charge in [-0.3, -0.25) is 14.2 Å². The summed E-state index contributed by atoms with van der Waals surface area (Å²) in [7, 11) is 3.38. The number of carbonyl (C=O) groups is 1. The van der Waals surface area contributed by atoms with Crippen molar-refractivity contribution < 1.29 is 9.53 Å². The standard InChI is InChI=1S/C21H23N3O3S/c1-4-24-20(26)16-10-6-7-11-17(16)22-21(24)28-14-19(25)23(2)13-15-9-5-8-12-18(15)27-3/h5-12H,4,13-14H2,1-3H3. The van der Waals surface area contributed by atoms with Gasteiger partial charge in [0.1, 0.15) is 5.75 Å². The summed E-state index contributed by atoms with van der Waals surface area (Å²) in [6.45, 7) is 2.86. The van der Waals surface area contributed by atoms with Gasteiger partial charge in [-0.1, -0.05) is 42.1 Å². The highest BCUT2D eigenvalue weighted by molar-refractivity contribution is 7.99. The fourth-order valence-electron chi connectivity index (χ4n) is 2.95. The molecule has 0 spiro atoms. The van der Waals surface area contributed by atoms with Crippen LogP contribution >= 0.6 is 11.8 Å². The van der Waals surface area contributed by atoms with Gasteiger partial charge in [-0.05, 0) is 25.1 Å². The van der Waals surface area contributed by atoms with Gasteiger partial charge >= 0.3 is 0 Å². The number of ether oxygens (including phenoxy) is 1. The molecule has 7 heteroatoms. The molecule has 0 aliphatic carbocycles. The van der Waals surface area contributed by atoms with E-state index in [9.17, 15) is 9.59 Å². The van der Waals surface area contributed by atoms with Crippen LogP contribution in [0.15, 0.2) is 58.5 Å². The summed E-state index contributed by atoms with van der Waals surface area (Å²) in [5.74, 6) is 0.919. The number of rotatable bonds is 7. The molecule has 0 atom stereocenters. The summed E-state index contributed by atoms with van der Waals surface area (Å²) < 4.78 is 6.96. The Bertz CT molecular complexity index is 1050. The van der Waals surface area contributed by atoms with Crippen LogP contribution in [-0.2, 0) is 17.9 Å². The normalized spacial score (nSPS) is 10.8. The van der Waals surface area contributed by atoms with Crippen LogP contribution in [0.4, 0.5) is 0 Å². The molecule has 0 radical (unpaired) electrons. The highest BCUT2D eigenvalue weighted by Gasteiger charge is 2.15. The van der Waals surface area contributed by atoms with E-state index < -0.39 is 0 Å². The van der Waals surface area contributed by atoms with Gasteiger partial charge in [-0.2, -0.15) is 0 Å². The zero-order valence-electron chi connectivity index (χ0n) is 16.2.